The molecule has 3 aromatic carbocycles. The predicted molar refractivity (Wildman–Crippen MR) is 96.0 cm³/mol. The third kappa shape index (κ3) is 3.52. The number of fused-ring (bicyclic) bond motifs is 1. The summed E-state index contributed by atoms with van der Waals surface area (Å²) in [6.07, 6.45) is 0. The van der Waals surface area contributed by atoms with E-state index >= 15 is 0 Å². The van der Waals surface area contributed by atoms with Crippen molar-refractivity contribution < 1.29 is 9.59 Å². The van der Waals surface area contributed by atoms with Gasteiger partial charge in [0.05, 0.1) is 6.54 Å². The number of rotatable bonds is 5. The van der Waals surface area contributed by atoms with Crippen LogP contribution in [0.4, 0.5) is 11.4 Å². The fourth-order valence-electron chi connectivity index (χ4n) is 2.51. The van der Waals surface area contributed by atoms with Crippen molar-refractivity contribution in [1.29, 1.82) is 0 Å². The van der Waals surface area contributed by atoms with Crippen molar-refractivity contribution in [2.24, 2.45) is 5.73 Å². The van der Waals surface area contributed by atoms with Crippen LogP contribution in [0.5, 0.6) is 0 Å². The molecule has 2 amide bonds. The van der Waals surface area contributed by atoms with Gasteiger partial charge in [-0.25, -0.2) is 0 Å². The largest absolute Gasteiger partial charge is 0.376 e. The molecule has 0 saturated carbocycles. The van der Waals surface area contributed by atoms with Crippen LogP contribution >= 0.6 is 0 Å². The maximum Gasteiger partial charge on any atom is 0.248 e. The van der Waals surface area contributed by atoms with Crippen LogP contribution in [0, 0.1) is 0 Å². The summed E-state index contributed by atoms with van der Waals surface area (Å²) < 4.78 is 0. The zero-order valence-corrected chi connectivity index (χ0v) is 13.0. The Morgan fingerprint density at radius 3 is 2.50 bits per heavy atom. The van der Waals surface area contributed by atoms with Crippen LogP contribution in [-0.2, 0) is 4.79 Å². The maximum atomic E-state index is 12.1. The van der Waals surface area contributed by atoms with Gasteiger partial charge in [-0.2, -0.15) is 0 Å². The topological polar surface area (TPSA) is 84.2 Å². The minimum atomic E-state index is -0.528. The lowest BCUT2D eigenvalue weighted by Gasteiger charge is -2.10. The molecule has 0 bridgehead atoms. The molecule has 0 fully saturated rings. The lowest BCUT2D eigenvalue weighted by atomic mass is 10.1. The van der Waals surface area contributed by atoms with Gasteiger partial charge in [-0.15, -0.1) is 0 Å². The third-order valence-electron chi connectivity index (χ3n) is 3.66. The molecular weight excluding hydrogens is 302 g/mol. The lowest BCUT2D eigenvalue weighted by molar-refractivity contribution is -0.114. The molecule has 3 aromatic rings. The average molecular weight is 319 g/mol. The molecular formula is C19H17N3O2. The summed E-state index contributed by atoms with van der Waals surface area (Å²) in [6.45, 7) is 0.120. The van der Waals surface area contributed by atoms with Crippen LogP contribution < -0.4 is 16.4 Å². The van der Waals surface area contributed by atoms with E-state index in [4.69, 9.17) is 5.73 Å². The van der Waals surface area contributed by atoms with E-state index in [1.807, 2.05) is 42.5 Å². The van der Waals surface area contributed by atoms with Gasteiger partial charge in [0.1, 0.15) is 0 Å². The molecule has 0 unspecified atom stereocenters. The minimum absolute atomic E-state index is 0.120. The second kappa shape index (κ2) is 6.83. The Labute approximate surface area is 139 Å². The Morgan fingerprint density at radius 1 is 0.917 bits per heavy atom. The van der Waals surface area contributed by atoms with Crippen molar-refractivity contribution in [3.8, 4) is 0 Å². The van der Waals surface area contributed by atoms with Gasteiger partial charge in [-0.05, 0) is 29.7 Å². The summed E-state index contributed by atoms with van der Waals surface area (Å²) in [4.78, 5) is 23.3. The molecule has 0 saturated heterocycles. The molecule has 0 aliphatic heterocycles. The molecule has 120 valence electrons. The van der Waals surface area contributed by atoms with Crippen LogP contribution in [0.25, 0.3) is 10.8 Å². The number of hydrogen-bond acceptors (Lipinski definition) is 3. The van der Waals surface area contributed by atoms with E-state index in [0.29, 0.717) is 11.3 Å². The molecule has 0 atom stereocenters. The average Bonchev–Trinajstić information content (AvgIpc) is 2.60. The molecule has 0 aliphatic carbocycles. The zero-order valence-electron chi connectivity index (χ0n) is 13.0. The summed E-state index contributed by atoms with van der Waals surface area (Å²) in [5.41, 5.74) is 7.03. The first-order valence-electron chi connectivity index (χ1n) is 7.55. The number of amides is 2. The maximum absolute atomic E-state index is 12.1. The van der Waals surface area contributed by atoms with Crippen LogP contribution in [0.2, 0.25) is 0 Å². The minimum Gasteiger partial charge on any atom is -0.376 e. The second-order valence-electron chi connectivity index (χ2n) is 5.37. The van der Waals surface area contributed by atoms with Crippen LogP contribution in [0.1, 0.15) is 10.4 Å². The number of nitrogens with one attached hydrogen (secondary N) is 2. The van der Waals surface area contributed by atoms with Crippen LogP contribution in [-0.4, -0.2) is 18.4 Å². The second-order valence-corrected chi connectivity index (χ2v) is 5.37. The van der Waals surface area contributed by atoms with E-state index in [-0.39, 0.29) is 12.5 Å². The first-order valence-corrected chi connectivity index (χ1v) is 7.55. The summed E-state index contributed by atoms with van der Waals surface area (Å²) in [5.74, 6) is -0.732. The molecule has 0 aromatic heterocycles. The molecule has 5 heteroatoms. The Balaban J connectivity index is 1.67. The van der Waals surface area contributed by atoms with E-state index in [0.717, 1.165) is 16.5 Å². The van der Waals surface area contributed by atoms with Crippen LogP contribution in [0.15, 0.2) is 66.7 Å². The number of primary amides is 1. The SMILES string of the molecule is NC(=O)c1cccc(NC(=O)CNc2cccc3ccccc23)c1. The van der Waals surface area contributed by atoms with Crippen molar-refractivity contribution in [2.75, 3.05) is 17.2 Å². The number of hydrogen-bond donors (Lipinski definition) is 3. The number of carbonyl (C=O) groups is 2. The van der Waals surface area contributed by atoms with Gasteiger partial charge in [0.2, 0.25) is 11.8 Å². The molecule has 0 spiro atoms. The zero-order chi connectivity index (χ0) is 16.9. The van der Waals surface area contributed by atoms with E-state index in [9.17, 15) is 9.59 Å². The fraction of sp³-hybridized carbons (Fsp3) is 0.0526. The Bertz CT molecular complexity index is 901. The Kier molecular flexibility index (Phi) is 4.43. The summed E-state index contributed by atoms with van der Waals surface area (Å²) >= 11 is 0. The van der Waals surface area contributed by atoms with Gasteiger partial charge in [-0.3, -0.25) is 9.59 Å². The normalized spacial score (nSPS) is 10.3. The lowest BCUT2D eigenvalue weighted by Crippen LogP contribution is -2.22. The van der Waals surface area contributed by atoms with Gasteiger partial charge < -0.3 is 16.4 Å². The van der Waals surface area contributed by atoms with Gasteiger partial charge in [0.15, 0.2) is 0 Å². The molecule has 3 rings (SSSR count). The van der Waals surface area contributed by atoms with Gasteiger partial charge in [-0.1, -0.05) is 42.5 Å². The molecule has 5 nitrogen and oxygen atoms in total. The number of benzene rings is 3. The van der Waals surface area contributed by atoms with E-state index in [2.05, 4.69) is 10.6 Å². The highest BCUT2D eigenvalue weighted by Gasteiger charge is 2.06. The molecule has 0 aliphatic rings. The number of carbonyl (C=O) groups excluding carboxylic acids is 2. The first kappa shape index (κ1) is 15.6. The summed E-state index contributed by atoms with van der Waals surface area (Å²) in [5, 5.41) is 8.05. The molecule has 0 radical (unpaired) electrons. The summed E-state index contributed by atoms with van der Waals surface area (Å²) in [7, 11) is 0. The highest BCUT2D eigenvalue weighted by Crippen LogP contribution is 2.22. The standard InChI is InChI=1S/C19H17N3O2/c20-19(24)14-7-3-8-15(11-14)22-18(23)12-21-17-10-4-6-13-5-1-2-9-16(13)17/h1-11,21H,12H2,(H2,20,24)(H,22,23). The molecule has 0 heterocycles. The molecule has 4 N–H and O–H groups in total. The number of anilines is 2. The van der Waals surface area contributed by atoms with Crippen molar-refractivity contribution in [1.82, 2.24) is 0 Å². The smallest absolute Gasteiger partial charge is 0.248 e. The highest BCUT2D eigenvalue weighted by molar-refractivity contribution is 5.99. The van der Waals surface area contributed by atoms with Gasteiger partial charge in [0.25, 0.3) is 0 Å². The van der Waals surface area contributed by atoms with Crippen molar-refractivity contribution in [3.63, 3.8) is 0 Å². The quantitative estimate of drug-likeness (QED) is 0.676. The van der Waals surface area contributed by atoms with Crippen molar-refractivity contribution in [3.05, 3.63) is 72.3 Å². The fourth-order valence-corrected chi connectivity index (χ4v) is 2.51. The van der Waals surface area contributed by atoms with Gasteiger partial charge in [0, 0.05) is 22.3 Å². The monoisotopic (exact) mass is 319 g/mol. The Hall–Kier alpha value is -3.34. The summed E-state index contributed by atoms with van der Waals surface area (Å²) in [6, 6.07) is 20.4. The van der Waals surface area contributed by atoms with Crippen molar-refractivity contribution in [2.45, 2.75) is 0 Å². The molecule has 24 heavy (non-hydrogen) atoms. The van der Waals surface area contributed by atoms with E-state index in [1.165, 1.54) is 0 Å². The van der Waals surface area contributed by atoms with Gasteiger partial charge >= 0.3 is 0 Å². The van der Waals surface area contributed by atoms with Crippen LogP contribution in [0.3, 0.4) is 0 Å². The predicted octanol–water partition coefficient (Wildman–Crippen LogP) is 2.99. The number of nitrogens with two attached hydrogens (primary N) is 1. The highest BCUT2D eigenvalue weighted by atomic mass is 16.2. The Morgan fingerprint density at radius 2 is 1.67 bits per heavy atom. The third-order valence-corrected chi connectivity index (χ3v) is 3.66. The van der Waals surface area contributed by atoms with E-state index < -0.39 is 5.91 Å². The van der Waals surface area contributed by atoms with Crippen molar-refractivity contribution >= 4 is 34.0 Å². The van der Waals surface area contributed by atoms with E-state index in [1.54, 1.807) is 24.3 Å². The first-order chi connectivity index (χ1) is 11.6.